The van der Waals surface area contributed by atoms with Crippen LogP contribution in [0.1, 0.15) is 67.9 Å². The summed E-state index contributed by atoms with van der Waals surface area (Å²) in [4.78, 5) is 21.0. The van der Waals surface area contributed by atoms with Crippen molar-refractivity contribution in [3.05, 3.63) is 64.9 Å². The Balaban J connectivity index is 1.34. The molecule has 2 saturated carbocycles. The minimum absolute atomic E-state index is 0.109. The molecule has 0 bridgehead atoms. The number of aryl methyl sites for hydroxylation is 1. The second-order valence-electron chi connectivity index (χ2n) is 12.6. The summed E-state index contributed by atoms with van der Waals surface area (Å²) in [5.41, 5.74) is 3.06. The van der Waals surface area contributed by atoms with Crippen molar-refractivity contribution in [2.45, 2.75) is 82.9 Å². The molecule has 11 heteroatoms. The number of aliphatic imine (C=N–C) groups is 1. The zero-order valence-electron chi connectivity index (χ0n) is 26.7. The van der Waals surface area contributed by atoms with E-state index in [0.717, 1.165) is 58.9 Å². The lowest BCUT2D eigenvalue weighted by atomic mass is 9.93. The number of unbranched alkanes of at least 4 members (excludes halogenated alkanes) is 1. The van der Waals surface area contributed by atoms with Crippen molar-refractivity contribution >= 4 is 27.6 Å². The number of fused-ring (bicyclic) bond motifs is 1. The number of amidine groups is 1. The fourth-order valence-corrected chi connectivity index (χ4v) is 8.52. The smallest absolute Gasteiger partial charge is 0.268 e. The number of sulfonamides is 1. The number of ether oxygens (including phenoxy) is 2. The van der Waals surface area contributed by atoms with Crippen molar-refractivity contribution in [2.24, 2.45) is 16.8 Å². The van der Waals surface area contributed by atoms with E-state index in [0.29, 0.717) is 35.3 Å². The molecule has 2 atom stereocenters. The quantitative estimate of drug-likeness (QED) is 0.212. The number of amides is 1. The maximum atomic E-state index is 14.2. The van der Waals surface area contributed by atoms with E-state index in [-0.39, 0.29) is 30.0 Å². The first-order valence-electron chi connectivity index (χ1n) is 15.7. The number of hydrogen-bond acceptors (Lipinski definition) is 8. The molecular formula is C34H42N4O6S. The van der Waals surface area contributed by atoms with E-state index < -0.39 is 15.6 Å². The Bertz CT molecular complexity index is 1720. The molecule has 10 nitrogen and oxygen atoms in total. The average Bonchev–Trinajstić information content (AvgIpc) is 3.40. The van der Waals surface area contributed by atoms with Crippen LogP contribution in [0.15, 0.2) is 56.9 Å². The molecule has 1 amide bonds. The lowest BCUT2D eigenvalue weighted by Gasteiger charge is -2.25. The molecule has 1 aliphatic heterocycles. The van der Waals surface area contributed by atoms with Crippen LogP contribution in [0.5, 0.6) is 0 Å². The van der Waals surface area contributed by atoms with Crippen LogP contribution in [0.3, 0.4) is 0 Å². The van der Waals surface area contributed by atoms with Gasteiger partial charge in [-0.3, -0.25) is 14.7 Å². The van der Waals surface area contributed by atoms with Crippen molar-refractivity contribution in [1.29, 1.82) is 0 Å². The van der Waals surface area contributed by atoms with Gasteiger partial charge >= 0.3 is 0 Å². The summed E-state index contributed by atoms with van der Waals surface area (Å²) < 4.78 is 45.8. The van der Waals surface area contributed by atoms with Crippen LogP contribution >= 0.6 is 0 Å². The third kappa shape index (κ3) is 5.70. The van der Waals surface area contributed by atoms with Gasteiger partial charge < -0.3 is 14.0 Å². The first-order valence-corrected chi connectivity index (χ1v) is 17.1. The Morgan fingerprint density at radius 3 is 2.49 bits per heavy atom. The number of rotatable bonds is 13. The fraction of sp³-hybridized carbons (Fsp3) is 0.500. The second-order valence-corrected chi connectivity index (χ2v) is 14.4. The molecule has 3 aromatic rings. The molecule has 0 N–H and O–H groups in total. The normalized spacial score (nSPS) is 22.3. The Hall–Kier alpha value is -3.54. The topological polar surface area (TPSA) is 115 Å². The number of nitrogens with zero attached hydrogens (tertiary/aromatic N) is 4. The summed E-state index contributed by atoms with van der Waals surface area (Å²) in [7, 11) is -1.07. The highest BCUT2D eigenvalue weighted by atomic mass is 32.2. The van der Waals surface area contributed by atoms with Crippen LogP contribution in [0, 0.1) is 25.7 Å². The van der Waals surface area contributed by atoms with E-state index in [1.165, 1.54) is 13.5 Å². The van der Waals surface area contributed by atoms with Crippen LogP contribution < -0.4 is 4.31 Å². The van der Waals surface area contributed by atoms with E-state index in [9.17, 15) is 13.2 Å². The zero-order chi connectivity index (χ0) is 31.9. The molecule has 1 aromatic heterocycles. The summed E-state index contributed by atoms with van der Waals surface area (Å²) in [5, 5.41) is 4.03. The molecule has 2 heterocycles. The van der Waals surface area contributed by atoms with Crippen LogP contribution in [-0.2, 0) is 37.4 Å². The van der Waals surface area contributed by atoms with Gasteiger partial charge in [-0.2, -0.15) is 0 Å². The molecule has 45 heavy (non-hydrogen) atoms. The highest BCUT2D eigenvalue weighted by Crippen LogP contribution is 2.59. The van der Waals surface area contributed by atoms with E-state index in [2.05, 4.69) is 12.1 Å². The minimum Gasteiger partial charge on any atom is -0.380 e. The number of carbonyl (C=O) groups excluding carboxylic acids is 1. The van der Waals surface area contributed by atoms with Crippen molar-refractivity contribution in [2.75, 3.05) is 25.3 Å². The standard InChI is InChI=1S/C34H42N4O6S/c1-6-7-12-31-35-34(17-25-16-26(25)18-34)33(39)37(31)19-24-13-14-28(27(15-24)20-42-4)29-10-8-9-11-30(29)45(40,41)38(21-43-5)32-22(2)23(3)44-36-32/h8-11,13-15,25-26H,6-7,12,16-21H2,1-5H3. The van der Waals surface area contributed by atoms with E-state index in [4.69, 9.17) is 19.0 Å². The SMILES string of the molecule is CCCCC1=NC2(CC3CC3C2)C(=O)N1Cc1ccc(-c2ccccc2S(=O)(=O)N(COC)c2noc(C)c2C)c(COC)c1. The predicted octanol–water partition coefficient (Wildman–Crippen LogP) is 6.00. The Labute approximate surface area is 265 Å². The van der Waals surface area contributed by atoms with Crippen molar-refractivity contribution in [1.82, 2.24) is 10.1 Å². The van der Waals surface area contributed by atoms with Crippen LogP contribution in [-0.4, -0.2) is 56.7 Å². The number of anilines is 1. The summed E-state index contributed by atoms with van der Waals surface area (Å²) in [5.74, 6) is 3.03. The van der Waals surface area contributed by atoms with Gasteiger partial charge in [0.05, 0.1) is 18.0 Å². The molecule has 3 aliphatic rings. The molecule has 0 radical (unpaired) electrons. The summed E-state index contributed by atoms with van der Waals surface area (Å²) in [6.45, 7) is 6.10. The lowest BCUT2D eigenvalue weighted by molar-refractivity contribution is -0.131. The van der Waals surface area contributed by atoms with Gasteiger partial charge in [0, 0.05) is 31.8 Å². The van der Waals surface area contributed by atoms with E-state index in [1.807, 2.05) is 29.2 Å². The van der Waals surface area contributed by atoms with E-state index >= 15 is 0 Å². The third-order valence-corrected chi connectivity index (χ3v) is 11.3. The average molecular weight is 635 g/mol. The number of benzene rings is 2. The van der Waals surface area contributed by atoms with Gasteiger partial charge in [-0.25, -0.2) is 12.7 Å². The summed E-state index contributed by atoms with van der Waals surface area (Å²) in [6.07, 6.45) is 5.78. The predicted molar refractivity (Wildman–Crippen MR) is 171 cm³/mol. The molecule has 1 spiro atoms. The third-order valence-electron chi connectivity index (χ3n) is 9.49. The highest BCUT2D eigenvalue weighted by Gasteiger charge is 2.61. The van der Waals surface area contributed by atoms with Crippen molar-refractivity contribution in [3.63, 3.8) is 0 Å². The first-order chi connectivity index (χ1) is 21.6. The second kappa shape index (κ2) is 12.3. The van der Waals surface area contributed by atoms with Crippen molar-refractivity contribution in [3.8, 4) is 11.1 Å². The summed E-state index contributed by atoms with van der Waals surface area (Å²) in [6, 6.07) is 12.8. The van der Waals surface area contributed by atoms with Crippen molar-refractivity contribution < 1.29 is 27.2 Å². The Kier molecular flexibility index (Phi) is 8.62. The van der Waals surface area contributed by atoms with Gasteiger partial charge in [-0.15, -0.1) is 0 Å². The van der Waals surface area contributed by atoms with Crippen LogP contribution in [0.4, 0.5) is 5.82 Å². The molecule has 2 aliphatic carbocycles. The molecule has 2 aromatic carbocycles. The molecule has 240 valence electrons. The summed E-state index contributed by atoms with van der Waals surface area (Å²) >= 11 is 0. The maximum absolute atomic E-state index is 14.2. The van der Waals surface area contributed by atoms with Gasteiger partial charge in [0.25, 0.3) is 15.9 Å². The van der Waals surface area contributed by atoms with Gasteiger partial charge in [-0.05, 0) is 74.1 Å². The largest absolute Gasteiger partial charge is 0.380 e. The van der Waals surface area contributed by atoms with Gasteiger partial charge in [0.1, 0.15) is 23.9 Å². The number of hydrogen-bond donors (Lipinski definition) is 0. The van der Waals surface area contributed by atoms with Gasteiger partial charge in [-0.1, -0.05) is 54.9 Å². The molecule has 0 saturated heterocycles. The minimum atomic E-state index is -4.13. The van der Waals surface area contributed by atoms with Gasteiger partial charge in [0.2, 0.25) is 0 Å². The highest BCUT2D eigenvalue weighted by molar-refractivity contribution is 7.93. The van der Waals surface area contributed by atoms with E-state index in [1.54, 1.807) is 39.2 Å². The molecule has 2 unspecified atom stereocenters. The van der Waals surface area contributed by atoms with Crippen LogP contribution in [0.2, 0.25) is 0 Å². The Morgan fingerprint density at radius 1 is 1.07 bits per heavy atom. The van der Waals surface area contributed by atoms with Crippen LogP contribution in [0.25, 0.3) is 11.1 Å². The molecule has 6 rings (SSSR count). The maximum Gasteiger partial charge on any atom is 0.268 e. The number of methoxy groups -OCH3 is 2. The molecular weight excluding hydrogens is 592 g/mol. The molecule has 2 fully saturated rings. The number of aromatic nitrogens is 1. The first kappa shape index (κ1) is 31.4. The zero-order valence-corrected chi connectivity index (χ0v) is 27.5. The Morgan fingerprint density at radius 2 is 1.82 bits per heavy atom. The fourth-order valence-electron chi connectivity index (χ4n) is 6.94. The van der Waals surface area contributed by atoms with Gasteiger partial charge in [0.15, 0.2) is 5.82 Å². The number of carbonyl (C=O) groups is 1. The lowest BCUT2D eigenvalue weighted by Crippen LogP contribution is -2.41. The monoisotopic (exact) mass is 634 g/mol.